The van der Waals surface area contributed by atoms with Crippen LogP contribution in [0.5, 0.6) is 5.75 Å². The molecule has 2 aromatic carbocycles. The zero-order valence-corrected chi connectivity index (χ0v) is 14.8. The SMILES string of the molecule is COC(=O)C1=Cc2cc(-c3ccc(OC)cc3)ccc2S(=O)(=O)CC1. The number of fused-ring (bicyclic) bond motifs is 1. The number of rotatable bonds is 3. The Balaban J connectivity index is 2.11. The third-order valence-corrected chi connectivity index (χ3v) is 5.97. The van der Waals surface area contributed by atoms with Crippen LogP contribution in [0.1, 0.15) is 12.0 Å². The lowest BCUT2D eigenvalue weighted by atomic mass is 10.0. The number of ether oxygens (including phenoxy) is 2. The van der Waals surface area contributed by atoms with Crippen LogP contribution >= 0.6 is 0 Å². The Kier molecular flexibility index (Phi) is 4.63. The molecule has 0 saturated carbocycles. The second kappa shape index (κ2) is 6.72. The maximum atomic E-state index is 12.5. The van der Waals surface area contributed by atoms with Crippen molar-refractivity contribution in [1.29, 1.82) is 0 Å². The molecular formula is C19H18O5S. The van der Waals surface area contributed by atoms with Gasteiger partial charge in [0.05, 0.1) is 24.9 Å². The van der Waals surface area contributed by atoms with Gasteiger partial charge in [-0.1, -0.05) is 18.2 Å². The van der Waals surface area contributed by atoms with Gasteiger partial charge in [0, 0.05) is 5.57 Å². The number of sulfone groups is 1. The van der Waals surface area contributed by atoms with Crippen molar-refractivity contribution in [1.82, 2.24) is 0 Å². The monoisotopic (exact) mass is 358 g/mol. The average Bonchev–Trinajstić information content (AvgIpc) is 2.77. The molecule has 0 spiro atoms. The summed E-state index contributed by atoms with van der Waals surface area (Å²) in [6.07, 6.45) is 1.75. The lowest BCUT2D eigenvalue weighted by Crippen LogP contribution is -2.09. The van der Waals surface area contributed by atoms with Crippen molar-refractivity contribution in [3.8, 4) is 16.9 Å². The maximum Gasteiger partial charge on any atom is 0.333 e. The minimum absolute atomic E-state index is 0.108. The van der Waals surface area contributed by atoms with Crippen LogP contribution in [0.25, 0.3) is 17.2 Å². The van der Waals surface area contributed by atoms with Crippen LogP contribution in [0, 0.1) is 0 Å². The summed E-state index contributed by atoms with van der Waals surface area (Å²) < 4.78 is 34.9. The van der Waals surface area contributed by atoms with Gasteiger partial charge < -0.3 is 9.47 Å². The van der Waals surface area contributed by atoms with Gasteiger partial charge in [-0.05, 0) is 53.5 Å². The number of carbonyl (C=O) groups excluding carboxylic acids is 1. The molecule has 0 aromatic heterocycles. The summed E-state index contributed by atoms with van der Waals surface area (Å²) in [5.41, 5.74) is 2.65. The lowest BCUT2D eigenvalue weighted by molar-refractivity contribution is -0.136. The number of carbonyl (C=O) groups is 1. The first-order chi connectivity index (χ1) is 11.9. The van der Waals surface area contributed by atoms with Gasteiger partial charge in [0.2, 0.25) is 0 Å². The first-order valence-corrected chi connectivity index (χ1v) is 9.40. The van der Waals surface area contributed by atoms with E-state index in [1.807, 2.05) is 24.3 Å². The molecule has 0 bridgehead atoms. The van der Waals surface area contributed by atoms with E-state index in [1.54, 1.807) is 31.4 Å². The summed E-state index contributed by atoms with van der Waals surface area (Å²) in [4.78, 5) is 12.1. The van der Waals surface area contributed by atoms with Crippen LogP contribution in [-0.4, -0.2) is 34.4 Å². The van der Waals surface area contributed by atoms with Crippen LogP contribution < -0.4 is 4.74 Å². The van der Waals surface area contributed by atoms with Gasteiger partial charge in [0.1, 0.15) is 5.75 Å². The number of hydrogen-bond donors (Lipinski definition) is 0. The minimum atomic E-state index is -3.44. The van der Waals surface area contributed by atoms with Gasteiger partial charge in [-0.25, -0.2) is 13.2 Å². The molecule has 5 nitrogen and oxygen atoms in total. The van der Waals surface area contributed by atoms with Crippen LogP contribution in [0.2, 0.25) is 0 Å². The van der Waals surface area contributed by atoms with Crippen molar-refractivity contribution in [2.45, 2.75) is 11.3 Å². The predicted octanol–water partition coefficient (Wildman–Crippen LogP) is 3.10. The highest BCUT2D eigenvalue weighted by molar-refractivity contribution is 7.91. The van der Waals surface area contributed by atoms with Crippen molar-refractivity contribution in [2.75, 3.05) is 20.0 Å². The highest BCUT2D eigenvalue weighted by atomic mass is 32.2. The summed E-state index contributed by atoms with van der Waals surface area (Å²) in [7, 11) is -0.555. The zero-order chi connectivity index (χ0) is 18.0. The molecule has 2 aromatic rings. The van der Waals surface area contributed by atoms with Gasteiger partial charge in [0.25, 0.3) is 0 Å². The van der Waals surface area contributed by atoms with Gasteiger partial charge in [-0.2, -0.15) is 0 Å². The number of hydrogen-bond acceptors (Lipinski definition) is 5. The maximum absolute atomic E-state index is 12.5. The van der Waals surface area contributed by atoms with Crippen molar-refractivity contribution in [3.05, 3.63) is 53.6 Å². The molecule has 0 unspecified atom stereocenters. The molecule has 0 atom stereocenters. The smallest absolute Gasteiger partial charge is 0.333 e. The van der Waals surface area contributed by atoms with Gasteiger partial charge in [-0.3, -0.25) is 0 Å². The molecule has 3 rings (SSSR count). The summed E-state index contributed by atoms with van der Waals surface area (Å²) in [5.74, 6) is 0.134. The Morgan fingerprint density at radius 2 is 1.68 bits per heavy atom. The largest absolute Gasteiger partial charge is 0.497 e. The molecule has 0 fully saturated rings. The normalized spacial score (nSPS) is 15.5. The van der Waals surface area contributed by atoms with Gasteiger partial charge in [0.15, 0.2) is 9.84 Å². The van der Waals surface area contributed by atoms with E-state index in [0.29, 0.717) is 11.1 Å². The predicted molar refractivity (Wildman–Crippen MR) is 95.1 cm³/mol. The first kappa shape index (κ1) is 17.2. The fourth-order valence-electron chi connectivity index (χ4n) is 2.81. The van der Waals surface area contributed by atoms with E-state index >= 15 is 0 Å². The molecule has 1 heterocycles. The fourth-order valence-corrected chi connectivity index (χ4v) is 4.27. The summed E-state index contributed by atoms with van der Waals surface area (Å²) in [5, 5.41) is 0. The quantitative estimate of drug-likeness (QED) is 0.789. The first-order valence-electron chi connectivity index (χ1n) is 7.75. The Bertz CT molecular complexity index is 940. The second-order valence-electron chi connectivity index (χ2n) is 5.71. The molecule has 0 amide bonds. The Labute approximate surface area is 146 Å². The van der Waals surface area contributed by atoms with Gasteiger partial charge in [-0.15, -0.1) is 0 Å². The van der Waals surface area contributed by atoms with E-state index in [0.717, 1.165) is 16.9 Å². The topological polar surface area (TPSA) is 69.7 Å². The van der Waals surface area contributed by atoms with Crippen LogP contribution in [0.3, 0.4) is 0 Å². The summed E-state index contributed by atoms with van der Waals surface area (Å²) in [6, 6.07) is 12.6. The molecular weight excluding hydrogens is 340 g/mol. The fraction of sp³-hybridized carbons (Fsp3) is 0.211. The molecule has 25 heavy (non-hydrogen) atoms. The van der Waals surface area contributed by atoms with E-state index in [4.69, 9.17) is 9.47 Å². The Hall–Kier alpha value is -2.60. The molecule has 1 aliphatic rings. The number of methoxy groups -OCH3 is 2. The summed E-state index contributed by atoms with van der Waals surface area (Å²) in [6.45, 7) is 0. The number of benzene rings is 2. The second-order valence-corrected chi connectivity index (χ2v) is 7.79. The minimum Gasteiger partial charge on any atom is -0.497 e. The van der Waals surface area contributed by atoms with E-state index in [9.17, 15) is 13.2 Å². The van der Waals surface area contributed by atoms with Gasteiger partial charge >= 0.3 is 5.97 Å². The van der Waals surface area contributed by atoms with Crippen molar-refractivity contribution >= 4 is 21.9 Å². The molecule has 6 heteroatoms. The van der Waals surface area contributed by atoms with Crippen LogP contribution in [-0.2, 0) is 19.4 Å². The molecule has 0 N–H and O–H groups in total. The molecule has 0 radical (unpaired) electrons. The third kappa shape index (κ3) is 3.44. The molecule has 0 saturated heterocycles. The molecule has 0 aliphatic carbocycles. The average molecular weight is 358 g/mol. The Morgan fingerprint density at radius 1 is 1.00 bits per heavy atom. The van der Waals surface area contributed by atoms with Crippen LogP contribution in [0.4, 0.5) is 0 Å². The highest BCUT2D eigenvalue weighted by Crippen LogP contribution is 2.31. The summed E-state index contributed by atoms with van der Waals surface area (Å²) >= 11 is 0. The van der Waals surface area contributed by atoms with Crippen molar-refractivity contribution in [3.63, 3.8) is 0 Å². The lowest BCUT2D eigenvalue weighted by Gasteiger charge is -2.09. The van der Waals surface area contributed by atoms with Crippen molar-refractivity contribution < 1.29 is 22.7 Å². The standard InChI is InChI=1S/C19H18O5S/c1-23-17-6-3-13(4-7-17)14-5-8-18-16(11-14)12-15(19(20)24-2)9-10-25(18,21)22/h3-8,11-12H,9-10H2,1-2H3. The third-order valence-electron chi connectivity index (χ3n) is 4.19. The van der Waals surface area contributed by atoms with E-state index in [-0.39, 0.29) is 17.1 Å². The molecule has 1 aliphatic heterocycles. The van der Waals surface area contributed by atoms with Crippen molar-refractivity contribution in [2.24, 2.45) is 0 Å². The number of esters is 1. The van der Waals surface area contributed by atoms with Crippen LogP contribution in [0.15, 0.2) is 52.9 Å². The highest BCUT2D eigenvalue weighted by Gasteiger charge is 2.25. The Morgan fingerprint density at radius 3 is 2.32 bits per heavy atom. The van der Waals surface area contributed by atoms with E-state index in [1.165, 1.54) is 7.11 Å². The molecule has 130 valence electrons. The van der Waals surface area contributed by atoms with E-state index < -0.39 is 15.8 Å². The van der Waals surface area contributed by atoms with E-state index in [2.05, 4.69) is 0 Å². The zero-order valence-electron chi connectivity index (χ0n) is 14.0.